The van der Waals surface area contributed by atoms with Gasteiger partial charge in [-0.1, -0.05) is 5.57 Å². The van der Waals surface area contributed by atoms with Crippen molar-refractivity contribution in [3.63, 3.8) is 0 Å². The Bertz CT molecular complexity index is 476. The Balaban J connectivity index is 1.70. The molecule has 110 valence electrons. The molecule has 0 aromatic heterocycles. The average molecular weight is 274 g/mol. The van der Waals surface area contributed by atoms with Crippen molar-refractivity contribution < 1.29 is 9.53 Å². The van der Waals surface area contributed by atoms with Crippen molar-refractivity contribution in [3.8, 4) is 0 Å². The van der Waals surface area contributed by atoms with E-state index < -0.39 is 0 Å². The van der Waals surface area contributed by atoms with Crippen molar-refractivity contribution in [2.45, 2.75) is 58.5 Å². The van der Waals surface area contributed by atoms with Gasteiger partial charge in [0.15, 0.2) is 0 Å². The standard InChI is InChI=1S/C18H26O2/c1-10(2)8-18(20-11(3)19)9-14-7-15(18)17-13-5-4-12(6-13)16(14)17/h8,12-17H,4-7,9H2,1-3H3. The number of hydrogen-bond acceptors (Lipinski definition) is 2. The van der Waals surface area contributed by atoms with Crippen molar-refractivity contribution in [1.29, 1.82) is 0 Å². The third-order valence-corrected chi connectivity index (χ3v) is 6.69. The maximum atomic E-state index is 11.7. The Kier molecular flexibility index (Phi) is 2.66. The molecule has 4 aliphatic rings. The van der Waals surface area contributed by atoms with Gasteiger partial charge in [-0.2, -0.15) is 0 Å². The van der Waals surface area contributed by atoms with Crippen LogP contribution in [0, 0.1) is 35.5 Å². The smallest absolute Gasteiger partial charge is 0.303 e. The Morgan fingerprint density at radius 1 is 1.05 bits per heavy atom. The lowest BCUT2D eigenvalue weighted by molar-refractivity contribution is -0.161. The molecule has 2 heteroatoms. The quantitative estimate of drug-likeness (QED) is 0.433. The molecule has 4 bridgehead atoms. The highest BCUT2D eigenvalue weighted by Gasteiger charge is 2.67. The molecule has 20 heavy (non-hydrogen) atoms. The summed E-state index contributed by atoms with van der Waals surface area (Å²) in [6.45, 7) is 5.84. The van der Waals surface area contributed by atoms with E-state index in [0.29, 0.717) is 5.92 Å². The van der Waals surface area contributed by atoms with Crippen LogP contribution in [0.1, 0.15) is 52.9 Å². The number of carbonyl (C=O) groups excluding carboxylic acids is 1. The normalized spacial score (nSPS) is 51.1. The zero-order valence-corrected chi connectivity index (χ0v) is 12.9. The number of carbonyl (C=O) groups is 1. The molecular formula is C18H26O2. The maximum absolute atomic E-state index is 11.7. The molecule has 7 atom stereocenters. The summed E-state index contributed by atoms with van der Waals surface area (Å²) in [6, 6.07) is 0. The Hall–Kier alpha value is -0.790. The summed E-state index contributed by atoms with van der Waals surface area (Å²) in [5, 5.41) is 0. The summed E-state index contributed by atoms with van der Waals surface area (Å²) in [6.07, 6.45) is 9.04. The van der Waals surface area contributed by atoms with Gasteiger partial charge in [0.05, 0.1) is 0 Å². The zero-order valence-electron chi connectivity index (χ0n) is 12.9. The second-order valence-electron chi connectivity index (χ2n) is 8.06. The Labute approximate surface area is 122 Å². The van der Waals surface area contributed by atoms with Gasteiger partial charge in [-0.25, -0.2) is 0 Å². The third kappa shape index (κ3) is 1.60. The SMILES string of the molecule is CC(=O)OC1(C=C(C)C)CC2CC1C1C3CCC(C3)C21. The molecule has 0 radical (unpaired) electrons. The second-order valence-corrected chi connectivity index (χ2v) is 8.06. The number of esters is 1. The van der Waals surface area contributed by atoms with Gasteiger partial charge in [0.2, 0.25) is 0 Å². The molecule has 0 aliphatic heterocycles. The lowest BCUT2D eigenvalue weighted by Crippen LogP contribution is -2.46. The van der Waals surface area contributed by atoms with E-state index in [-0.39, 0.29) is 11.6 Å². The first-order valence-electron chi connectivity index (χ1n) is 8.36. The van der Waals surface area contributed by atoms with Crippen LogP contribution in [0.3, 0.4) is 0 Å². The van der Waals surface area contributed by atoms with Crippen LogP contribution < -0.4 is 0 Å². The predicted octanol–water partition coefficient (Wildman–Crippen LogP) is 3.96. The summed E-state index contributed by atoms with van der Waals surface area (Å²) >= 11 is 0. The van der Waals surface area contributed by atoms with Gasteiger partial charge in [0.25, 0.3) is 0 Å². The van der Waals surface area contributed by atoms with Gasteiger partial charge in [0.1, 0.15) is 5.60 Å². The topological polar surface area (TPSA) is 26.3 Å². The molecule has 0 amide bonds. The molecule has 0 spiro atoms. The van der Waals surface area contributed by atoms with Gasteiger partial charge in [-0.15, -0.1) is 0 Å². The summed E-state index contributed by atoms with van der Waals surface area (Å²) < 4.78 is 5.94. The van der Waals surface area contributed by atoms with Crippen LogP contribution in [0.5, 0.6) is 0 Å². The van der Waals surface area contributed by atoms with E-state index in [4.69, 9.17) is 4.74 Å². The monoisotopic (exact) mass is 274 g/mol. The van der Waals surface area contributed by atoms with Crippen LogP contribution in [0.15, 0.2) is 11.6 Å². The van der Waals surface area contributed by atoms with E-state index in [0.717, 1.165) is 36.0 Å². The Morgan fingerprint density at radius 3 is 2.40 bits per heavy atom. The summed E-state index contributed by atoms with van der Waals surface area (Å²) in [4.78, 5) is 11.7. The van der Waals surface area contributed by atoms with Gasteiger partial charge < -0.3 is 4.74 Å². The molecule has 2 nitrogen and oxygen atoms in total. The van der Waals surface area contributed by atoms with E-state index in [1.54, 1.807) is 6.92 Å². The van der Waals surface area contributed by atoms with Gasteiger partial charge >= 0.3 is 5.97 Å². The lowest BCUT2D eigenvalue weighted by Gasteiger charge is -2.44. The maximum Gasteiger partial charge on any atom is 0.303 e. The number of hydrogen-bond donors (Lipinski definition) is 0. The van der Waals surface area contributed by atoms with Gasteiger partial charge in [0, 0.05) is 12.8 Å². The molecule has 0 aromatic rings. The van der Waals surface area contributed by atoms with Crippen molar-refractivity contribution in [1.82, 2.24) is 0 Å². The molecule has 4 rings (SSSR count). The lowest BCUT2D eigenvalue weighted by atomic mass is 9.65. The van der Waals surface area contributed by atoms with E-state index >= 15 is 0 Å². The minimum atomic E-state index is -0.263. The highest BCUT2D eigenvalue weighted by molar-refractivity contribution is 5.67. The molecule has 0 N–H and O–H groups in total. The number of ether oxygens (including phenoxy) is 1. The summed E-state index contributed by atoms with van der Waals surface area (Å²) in [7, 11) is 0. The molecule has 4 aliphatic carbocycles. The third-order valence-electron chi connectivity index (χ3n) is 6.69. The van der Waals surface area contributed by atoms with Crippen molar-refractivity contribution >= 4 is 5.97 Å². The minimum absolute atomic E-state index is 0.102. The molecule has 4 saturated carbocycles. The number of allylic oxidation sites excluding steroid dienone is 1. The number of fused-ring (bicyclic) bond motifs is 9. The summed E-state index contributed by atoms with van der Waals surface area (Å²) in [5.74, 6) is 5.06. The van der Waals surface area contributed by atoms with Crippen LogP contribution in [0.4, 0.5) is 0 Å². The average Bonchev–Trinajstić information content (AvgIpc) is 3.01. The molecule has 0 heterocycles. The first-order chi connectivity index (χ1) is 9.50. The molecule has 0 aromatic carbocycles. The fraction of sp³-hybridized carbons (Fsp3) is 0.833. The van der Waals surface area contributed by atoms with Crippen LogP contribution in [-0.4, -0.2) is 11.6 Å². The minimum Gasteiger partial charge on any atom is -0.455 e. The molecule has 4 fully saturated rings. The zero-order chi connectivity index (χ0) is 14.1. The van der Waals surface area contributed by atoms with Crippen LogP contribution in [0.25, 0.3) is 0 Å². The van der Waals surface area contributed by atoms with Crippen molar-refractivity contribution in [3.05, 3.63) is 11.6 Å². The van der Waals surface area contributed by atoms with E-state index in [9.17, 15) is 4.79 Å². The highest BCUT2D eigenvalue weighted by Crippen LogP contribution is 2.70. The van der Waals surface area contributed by atoms with Crippen molar-refractivity contribution in [2.24, 2.45) is 35.5 Å². The second kappa shape index (κ2) is 4.11. The van der Waals surface area contributed by atoms with Gasteiger partial charge in [-0.05, 0) is 81.6 Å². The van der Waals surface area contributed by atoms with E-state index in [2.05, 4.69) is 19.9 Å². The van der Waals surface area contributed by atoms with E-state index in [1.807, 2.05) is 0 Å². The Morgan fingerprint density at radius 2 is 1.75 bits per heavy atom. The first-order valence-corrected chi connectivity index (χ1v) is 8.36. The van der Waals surface area contributed by atoms with Gasteiger partial charge in [-0.3, -0.25) is 4.79 Å². The predicted molar refractivity (Wildman–Crippen MR) is 78.0 cm³/mol. The summed E-state index contributed by atoms with van der Waals surface area (Å²) in [5.41, 5.74) is 1.03. The van der Waals surface area contributed by atoms with Crippen LogP contribution in [0.2, 0.25) is 0 Å². The molecule has 7 unspecified atom stereocenters. The van der Waals surface area contributed by atoms with Crippen LogP contribution >= 0.6 is 0 Å². The fourth-order valence-electron chi connectivity index (χ4n) is 6.69. The highest BCUT2D eigenvalue weighted by atomic mass is 16.6. The molecule has 0 saturated heterocycles. The first kappa shape index (κ1) is 12.9. The number of rotatable bonds is 2. The van der Waals surface area contributed by atoms with E-state index in [1.165, 1.54) is 31.3 Å². The fourth-order valence-corrected chi connectivity index (χ4v) is 6.69. The van der Waals surface area contributed by atoms with Crippen molar-refractivity contribution in [2.75, 3.05) is 0 Å². The van der Waals surface area contributed by atoms with Crippen LogP contribution in [-0.2, 0) is 9.53 Å². The molecular weight excluding hydrogens is 248 g/mol. The largest absolute Gasteiger partial charge is 0.455 e.